The summed E-state index contributed by atoms with van der Waals surface area (Å²) < 4.78 is 0. The molecule has 7 heteroatoms. The van der Waals surface area contributed by atoms with Gasteiger partial charge < -0.3 is 20.9 Å². The Balaban J connectivity index is 1.11. The van der Waals surface area contributed by atoms with Gasteiger partial charge in [0.05, 0.1) is 0 Å². The van der Waals surface area contributed by atoms with Crippen LogP contribution in [0.1, 0.15) is 58.6 Å². The number of rotatable bonds is 12. The summed E-state index contributed by atoms with van der Waals surface area (Å²) in [6.45, 7) is 4.58. The molecule has 7 nitrogen and oxygen atoms in total. The van der Waals surface area contributed by atoms with E-state index in [9.17, 15) is 4.79 Å². The largest absolute Gasteiger partial charge is 0.393 e. The molecule has 5 N–H and O–H groups in total. The van der Waals surface area contributed by atoms with Crippen LogP contribution in [0.15, 0.2) is 54.7 Å². The van der Waals surface area contributed by atoms with Crippen molar-refractivity contribution in [1.82, 2.24) is 21.0 Å². The number of nitrogens with zero attached hydrogens (tertiary/aromatic N) is 1. The number of aryl methyl sites for hydroxylation is 1. The molecule has 0 aromatic heterocycles. The van der Waals surface area contributed by atoms with Crippen molar-refractivity contribution in [3.05, 3.63) is 77.0 Å². The minimum atomic E-state index is -0.471. The van der Waals surface area contributed by atoms with Crippen LogP contribution in [-0.2, 0) is 6.42 Å². The quantitative estimate of drug-likeness (QED) is 0.177. The maximum atomic E-state index is 11.4. The lowest BCUT2D eigenvalue weighted by molar-refractivity contribution is 0.0706. The van der Waals surface area contributed by atoms with Gasteiger partial charge in [0.25, 0.3) is 5.91 Å². The fourth-order valence-corrected chi connectivity index (χ4v) is 5.20. The van der Waals surface area contributed by atoms with Gasteiger partial charge in [0.15, 0.2) is 0 Å². The predicted octanol–water partition coefficient (Wildman–Crippen LogP) is 3.81. The first-order valence-electron chi connectivity index (χ1n) is 13.1. The second-order valence-corrected chi connectivity index (χ2v) is 10.0. The molecule has 36 heavy (non-hydrogen) atoms. The number of amides is 1. The molecule has 1 saturated carbocycles. The highest BCUT2D eigenvalue weighted by molar-refractivity contribution is 6.08. The van der Waals surface area contributed by atoms with E-state index in [1.54, 1.807) is 17.6 Å². The van der Waals surface area contributed by atoms with Gasteiger partial charge in [0.2, 0.25) is 0 Å². The highest BCUT2D eigenvalue weighted by Gasteiger charge is 2.38. The molecule has 2 aliphatic rings. The number of benzene rings is 2. The van der Waals surface area contributed by atoms with E-state index in [2.05, 4.69) is 39.8 Å². The maximum Gasteiger partial charge on any atom is 0.274 e. The average Bonchev–Trinajstić information content (AvgIpc) is 3.71. The highest BCUT2D eigenvalue weighted by Crippen LogP contribution is 2.41. The summed E-state index contributed by atoms with van der Waals surface area (Å²) in [5.74, 6) is 0.904. The molecule has 2 fully saturated rings. The van der Waals surface area contributed by atoms with Crippen molar-refractivity contribution in [2.24, 2.45) is 5.92 Å². The maximum absolute atomic E-state index is 11.4. The second kappa shape index (κ2) is 12.8. The van der Waals surface area contributed by atoms with Gasteiger partial charge in [-0.15, -0.1) is 0 Å². The highest BCUT2D eigenvalue weighted by atomic mass is 16.5. The zero-order valence-electron chi connectivity index (χ0n) is 21.2. The first-order valence-corrected chi connectivity index (χ1v) is 13.1. The molecule has 4 rings (SSSR count). The Hall–Kier alpha value is -3.00. The fraction of sp³-hybridized carbons (Fsp3) is 0.448. The van der Waals surface area contributed by atoms with Crippen molar-refractivity contribution >= 4 is 17.7 Å². The third-order valence-electron chi connectivity index (χ3n) is 7.55. The standard InChI is InChI=1S/C29H39N5O2/c1-31-20-26(18-30)23-8-10-24(11-9-23)27-17-28(27)32-19-22-12-15-34(16-13-22)14-2-3-21-4-6-25(7-5-21)29(35)33-36/h4-11,18,20,22,27-28,30-32,36H,2-3,12-17,19H2,1H3,(H,33,35)/b26-20+,30-18?. The van der Waals surface area contributed by atoms with Gasteiger partial charge in [0.1, 0.15) is 0 Å². The number of hydrogen-bond donors (Lipinski definition) is 5. The molecular formula is C29H39N5O2. The van der Waals surface area contributed by atoms with Crippen LogP contribution in [0.3, 0.4) is 0 Å². The Morgan fingerprint density at radius 1 is 1.08 bits per heavy atom. The van der Waals surface area contributed by atoms with Crippen molar-refractivity contribution < 1.29 is 10.0 Å². The van der Waals surface area contributed by atoms with E-state index in [0.717, 1.165) is 43.0 Å². The molecule has 192 valence electrons. The van der Waals surface area contributed by atoms with Crippen LogP contribution in [0.5, 0.6) is 0 Å². The molecule has 1 aliphatic heterocycles. The van der Waals surface area contributed by atoms with Crippen molar-refractivity contribution in [2.45, 2.75) is 44.1 Å². The van der Waals surface area contributed by atoms with Gasteiger partial charge in [-0.3, -0.25) is 10.0 Å². The third kappa shape index (κ3) is 7.03. The number of hydroxylamine groups is 1. The minimum absolute atomic E-state index is 0.471. The number of carbonyl (C=O) groups excluding carboxylic acids is 1. The van der Waals surface area contributed by atoms with Gasteiger partial charge >= 0.3 is 0 Å². The zero-order chi connectivity index (χ0) is 25.3. The molecule has 2 aromatic carbocycles. The molecule has 2 unspecified atom stereocenters. The molecule has 0 bridgehead atoms. The molecule has 1 saturated heterocycles. The molecule has 1 aliphatic carbocycles. The number of allylic oxidation sites excluding steroid dienone is 1. The number of carbonyl (C=O) groups is 1. The summed E-state index contributed by atoms with van der Waals surface area (Å²) in [7, 11) is 1.86. The average molecular weight is 490 g/mol. The lowest BCUT2D eigenvalue weighted by Crippen LogP contribution is -2.38. The summed E-state index contributed by atoms with van der Waals surface area (Å²) in [5.41, 5.74) is 6.73. The van der Waals surface area contributed by atoms with Crippen LogP contribution < -0.4 is 16.1 Å². The summed E-state index contributed by atoms with van der Waals surface area (Å²) in [6, 6.07) is 16.7. The van der Waals surface area contributed by atoms with E-state index in [0.29, 0.717) is 17.5 Å². The Morgan fingerprint density at radius 2 is 1.78 bits per heavy atom. The van der Waals surface area contributed by atoms with Crippen LogP contribution >= 0.6 is 0 Å². The number of piperidine rings is 1. The van der Waals surface area contributed by atoms with E-state index < -0.39 is 5.91 Å². The van der Waals surface area contributed by atoms with Gasteiger partial charge in [-0.25, -0.2) is 5.48 Å². The number of nitrogens with one attached hydrogen (secondary N) is 4. The van der Waals surface area contributed by atoms with Crippen molar-refractivity contribution in [3.8, 4) is 0 Å². The van der Waals surface area contributed by atoms with Crippen molar-refractivity contribution in [2.75, 3.05) is 33.2 Å². The summed E-state index contributed by atoms with van der Waals surface area (Å²) in [6.07, 6.45) is 9.09. The smallest absolute Gasteiger partial charge is 0.274 e. The molecule has 1 heterocycles. The summed E-state index contributed by atoms with van der Waals surface area (Å²) >= 11 is 0. The molecular weight excluding hydrogens is 450 g/mol. The molecule has 2 aromatic rings. The lowest BCUT2D eigenvalue weighted by atomic mass is 9.96. The summed E-state index contributed by atoms with van der Waals surface area (Å²) in [5, 5.41) is 23.1. The van der Waals surface area contributed by atoms with E-state index in [1.165, 1.54) is 49.7 Å². The van der Waals surface area contributed by atoms with E-state index in [-0.39, 0.29) is 0 Å². The van der Waals surface area contributed by atoms with Crippen molar-refractivity contribution in [3.63, 3.8) is 0 Å². The number of hydrogen-bond acceptors (Lipinski definition) is 6. The SMILES string of the molecule is CN/C=C(\C=N)c1ccc(C2CC2NCC2CCN(CCCc3ccc(C(=O)NO)cc3)CC2)cc1. The van der Waals surface area contributed by atoms with Crippen LogP contribution in [0.2, 0.25) is 0 Å². The first-order chi connectivity index (χ1) is 17.6. The van der Waals surface area contributed by atoms with Gasteiger partial charge in [-0.2, -0.15) is 0 Å². The van der Waals surface area contributed by atoms with Crippen LogP contribution in [0, 0.1) is 11.3 Å². The van der Waals surface area contributed by atoms with Gasteiger partial charge in [-0.1, -0.05) is 36.4 Å². The van der Waals surface area contributed by atoms with Crippen LogP contribution in [0.25, 0.3) is 5.57 Å². The molecule has 0 radical (unpaired) electrons. The molecule has 1 amide bonds. The molecule has 2 atom stereocenters. The topological polar surface area (TPSA) is 100 Å². The number of likely N-dealkylation sites (tertiary alicyclic amines) is 1. The Bertz CT molecular complexity index is 1030. The molecule has 0 spiro atoms. The van der Waals surface area contributed by atoms with E-state index >= 15 is 0 Å². The Kier molecular flexibility index (Phi) is 9.28. The zero-order valence-corrected chi connectivity index (χ0v) is 21.2. The monoisotopic (exact) mass is 489 g/mol. The Labute approximate surface area is 214 Å². The summed E-state index contributed by atoms with van der Waals surface area (Å²) in [4.78, 5) is 14.0. The Morgan fingerprint density at radius 3 is 2.42 bits per heavy atom. The lowest BCUT2D eigenvalue weighted by Gasteiger charge is -2.32. The van der Waals surface area contributed by atoms with Gasteiger partial charge in [0, 0.05) is 42.6 Å². The normalized spacial score (nSPS) is 20.7. The second-order valence-electron chi connectivity index (χ2n) is 10.0. The fourth-order valence-electron chi connectivity index (χ4n) is 5.20. The van der Waals surface area contributed by atoms with E-state index in [1.807, 2.05) is 25.4 Å². The predicted molar refractivity (Wildman–Crippen MR) is 145 cm³/mol. The van der Waals surface area contributed by atoms with Crippen LogP contribution in [-0.4, -0.2) is 61.5 Å². The van der Waals surface area contributed by atoms with Crippen LogP contribution in [0.4, 0.5) is 0 Å². The first kappa shape index (κ1) is 26.1. The minimum Gasteiger partial charge on any atom is -0.393 e. The van der Waals surface area contributed by atoms with Gasteiger partial charge in [-0.05, 0) is 93.0 Å². The van der Waals surface area contributed by atoms with E-state index in [4.69, 9.17) is 10.6 Å². The third-order valence-corrected chi connectivity index (χ3v) is 7.55. The van der Waals surface area contributed by atoms with Crippen molar-refractivity contribution in [1.29, 1.82) is 5.41 Å².